The molecule has 0 aliphatic carbocycles. The molecule has 0 bridgehead atoms. The van der Waals surface area contributed by atoms with Crippen LogP contribution in [0.4, 0.5) is 0 Å². The average Bonchev–Trinajstić information content (AvgIpc) is 0.722. The fourth-order valence-corrected chi connectivity index (χ4v) is 0. The van der Waals surface area contributed by atoms with Crippen LogP contribution in [0.25, 0.3) is 30.8 Å². The van der Waals surface area contributed by atoms with Gasteiger partial charge in [0.2, 0.25) is 0 Å². The van der Waals surface area contributed by atoms with Crippen LogP contribution in [0.15, 0.2) is 0 Å². The molecule has 12 heteroatoms. The van der Waals surface area contributed by atoms with Crippen molar-refractivity contribution in [1.82, 2.24) is 0 Å². The molecule has 88 valence electrons. The number of hydrogen-bond donors (Lipinski definition) is 3. The van der Waals surface area contributed by atoms with Gasteiger partial charge in [-0.25, -0.2) is 0 Å². The van der Waals surface area contributed by atoms with Crippen LogP contribution in [-0.2, 0) is 16.8 Å². The Bertz CT molecular complexity index is 35.3. The molecule has 0 aromatic rings. The SMILES string of the molecule is O.[Co+3].[NH2-].[NH2-].[NH2-].[NH2-].[NH2-].[O-][Cl+](O)(O)O. The Morgan fingerprint density at radius 2 is 0.750 bits per heavy atom. The fraction of sp³-hybridized carbons (Fsp3) is 0. The molecule has 12 heavy (non-hydrogen) atoms. The van der Waals surface area contributed by atoms with E-state index in [2.05, 4.69) is 0 Å². The molecular weight excluding hydrogens is 244 g/mol. The van der Waals surface area contributed by atoms with Gasteiger partial charge in [-0.05, 0) is 0 Å². The molecule has 10 nitrogen and oxygen atoms in total. The van der Waals surface area contributed by atoms with Gasteiger partial charge in [0, 0.05) is 0 Å². The Kier molecular flexibility index (Phi) is 209. The van der Waals surface area contributed by atoms with Gasteiger partial charge in [0.25, 0.3) is 0 Å². The van der Waals surface area contributed by atoms with E-state index in [1.165, 1.54) is 0 Å². The maximum atomic E-state index is 8.83. The van der Waals surface area contributed by atoms with Crippen molar-refractivity contribution in [3.05, 3.63) is 30.8 Å². The zero-order chi connectivity index (χ0) is 4.50. The van der Waals surface area contributed by atoms with E-state index in [1.807, 2.05) is 0 Å². The summed E-state index contributed by atoms with van der Waals surface area (Å²) in [6.07, 6.45) is 0. The van der Waals surface area contributed by atoms with Gasteiger partial charge in [0.05, 0.1) is 0 Å². The van der Waals surface area contributed by atoms with Crippen LogP contribution in [0.1, 0.15) is 0 Å². The summed E-state index contributed by atoms with van der Waals surface area (Å²) in [5, 5.41) is 0. The van der Waals surface area contributed by atoms with Crippen LogP contribution in [0.3, 0.4) is 0 Å². The third-order valence-electron chi connectivity index (χ3n) is 0. The van der Waals surface area contributed by atoms with Crippen molar-refractivity contribution in [2.75, 3.05) is 0 Å². The van der Waals surface area contributed by atoms with Crippen molar-refractivity contribution in [3.8, 4) is 0 Å². The molecule has 0 saturated heterocycles. The van der Waals surface area contributed by atoms with Crippen LogP contribution < -0.4 is 4.66 Å². The van der Waals surface area contributed by atoms with Crippen LogP contribution in [0.2, 0.25) is 0 Å². The van der Waals surface area contributed by atoms with Crippen LogP contribution in [-0.4, -0.2) is 19.5 Å². The van der Waals surface area contributed by atoms with Gasteiger partial charge in [-0.3, -0.25) is 0 Å². The van der Waals surface area contributed by atoms with Gasteiger partial charge in [0.1, 0.15) is 0 Å². The predicted octanol–water partition coefficient (Wildman–Crippen LogP) is -0.102. The molecule has 0 amide bonds. The van der Waals surface area contributed by atoms with E-state index in [9.17, 15) is 0 Å². The summed E-state index contributed by atoms with van der Waals surface area (Å²) in [7, 11) is -4.19. The normalized spacial score (nSPS) is 6.33. The molecule has 0 spiro atoms. The van der Waals surface area contributed by atoms with Gasteiger partial charge in [-0.15, -0.1) is 0 Å². The number of nitrogens with two attached hydrogens (primary N) is 5. The average molecular weight is 260 g/mol. The van der Waals surface area contributed by atoms with Crippen molar-refractivity contribution in [2.24, 2.45) is 0 Å². The maximum absolute atomic E-state index is 8.83. The second kappa shape index (κ2) is 30.1. The van der Waals surface area contributed by atoms with Crippen molar-refractivity contribution in [3.63, 3.8) is 0 Å². The Morgan fingerprint density at radius 1 is 0.750 bits per heavy atom. The molecular formula is H15ClCoN5O5-2. The minimum atomic E-state index is -4.19. The van der Waals surface area contributed by atoms with Crippen molar-refractivity contribution >= 4 is 0 Å². The van der Waals surface area contributed by atoms with Crippen molar-refractivity contribution < 1.29 is 51.1 Å². The first-order valence-electron chi connectivity index (χ1n) is 0.661. The van der Waals surface area contributed by atoms with Crippen LogP contribution in [0, 0.1) is 10.2 Å². The second-order valence-electron chi connectivity index (χ2n) is 0.434. The fourth-order valence-electron chi connectivity index (χ4n) is 0. The molecule has 15 N–H and O–H groups in total. The van der Waals surface area contributed by atoms with E-state index in [1.54, 1.807) is 0 Å². The zero-order valence-corrected chi connectivity index (χ0v) is 7.64. The standard InChI is InChI=1S/ClH3O4.Co.5H2N.H2O/c2-1(3,4)5;;;;;;;/h2-4H;;6*1H2/q;+3;5*-1;. The Hall–Kier alpha value is 0.396. The molecule has 0 rings (SSSR count). The minimum absolute atomic E-state index is 0. The molecule has 0 atom stereocenters. The topological polar surface area (TPSA) is 283 Å². The van der Waals surface area contributed by atoms with E-state index < -0.39 is 10.2 Å². The van der Waals surface area contributed by atoms with E-state index >= 15 is 0 Å². The van der Waals surface area contributed by atoms with Gasteiger partial charge >= 0.3 is 45.7 Å². The van der Waals surface area contributed by atoms with E-state index in [4.69, 9.17) is 18.6 Å². The van der Waals surface area contributed by atoms with Gasteiger partial charge in [-0.1, -0.05) is 0 Å². The van der Waals surface area contributed by atoms with Crippen LogP contribution >= 0.6 is 0 Å². The molecule has 0 aliphatic rings. The summed E-state index contributed by atoms with van der Waals surface area (Å²) in [5.74, 6) is 0. The van der Waals surface area contributed by atoms with Crippen LogP contribution in [0.5, 0.6) is 0 Å². The molecule has 0 saturated carbocycles. The summed E-state index contributed by atoms with van der Waals surface area (Å²) in [4.78, 5) is 0. The van der Waals surface area contributed by atoms with Crippen molar-refractivity contribution in [1.29, 1.82) is 0 Å². The zero-order valence-electron chi connectivity index (χ0n) is 5.85. The molecule has 0 aromatic heterocycles. The van der Waals surface area contributed by atoms with Crippen molar-refractivity contribution in [2.45, 2.75) is 0 Å². The van der Waals surface area contributed by atoms with Gasteiger partial charge in [-0.2, -0.15) is 0 Å². The van der Waals surface area contributed by atoms with Gasteiger partial charge in [0.15, 0.2) is 0 Å². The third-order valence-corrected chi connectivity index (χ3v) is 0. The summed E-state index contributed by atoms with van der Waals surface area (Å²) in [6, 6.07) is 0. The van der Waals surface area contributed by atoms with Gasteiger partial charge < -0.3 is 36.2 Å². The van der Waals surface area contributed by atoms with E-state index in [-0.39, 0.29) is 53.0 Å². The Labute approximate surface area is 82.5 Å². The number of halogens is 1. The molecule has 0 unspecified atom stereocenters. The Morgan fingerprint density at radius 3 is 0.750 bits per heavy atom. The molecule has 0 aliphatic heterocycles. The van der Waals surface area contributed by atoms with E-state index in [0.29, 0.717) is 0 Å². The Balaban J connectivity index is -0.00000000381. The monoisotopic (exact) mass is 259 g/mol. The summed E-state index contributed by atoms with van der Waals surface area (Å²) >= 11 is 0. The number of hydrogen-bond acceptors (Lipinski definition) is 4. The first kappa shape index (κ1) is 83.3. The predicted molar refractivity (Wildman–Crippen MR) is 36.7 cm³/mol. The number of rotatable bonds is 0. The second-order valence-corrected chi connectivity index (χ2v) is 1.30. The molecule has 0 aromatic carbocycles. The first-order chi connectivity index (χ1) is 2.00. The molecule has 0 radical (unpaired) electrons. The quantitative estimate of drug-likeness (QED) is 0.536. The summed E-state index contributed by atoms with van der Waals surface area (Å²) in [6.45, 7) is 0. The first-order valence-corrected chi connectivity index (χ1v) is 1.98. The summed E-state index contributed by atoms with van der Waals surface area (Å²) < 4.78 is 30.2. The summed E-state index contributed by atoms with van der Waals surface area (Å²) in [5.41, 5.74) is 0. The molecule has 0 fully saturated rings. The van der Waals surface area contributed by atoms with E-state index in [0.717, 1.165) is 0 Å². The molecule has 0 heterocycles. The third kappa shape index (κ3) is 5840.